The van der Waals surface area contributed by atoms with Gasteiger partial charge in [-0.05, 0) is 47.4 Å². The Labute approximate surface area is 171 Å². The lowest BCUT2D eigenvalue weighted by Crippen LogP contribution is -2.53. The van der Waals surface area contributed by atoms with E-state index in [1.165, 1.54) is 11.1 Å². The van der Waals surface area contributed by atoms with Gasteiger partial charge in [0, 0.05) is 32.1 Å². The Hall–Kier alpha value is -2.37. The molecule has 0 spiro atoms. The number of nitrogens with zero attached hydrogens (tertiary/aromatic N) is 1. The van der Waals surface area contributed by atoms with E-state index < -0.39 is 6.10 Å². The molecule has 29 heavy (non-hydrogen) atoms. The number of carbonyl (C=O) groups is 1. The van der Waals surface area contributed by atoms with E-state index in [9.17, 15) is 9.90 Å². The fourth-order valence-corrected chi connectivity index (χ4v) is 5.31. The van der Waals surface area contributed by atoms with E-state index in [1.807, 2.05) is 18.2 Å². The number of hydrogen-bond acceptors (Lipinski definition) is 4. The molecule has 2 heterocycles. The first-order chi connectivity index (χ1) is 14.2. The van der Waals surface area contributed by atoms with Crippen LogP contribution in [-0.4, -0.2) is 41.7 Å². The van der Waals surface area contributed by atoms with Crippen molar-refractivity contribution >= 4 is 5.91 Å². The largest absolute Gasteiger partial charge is 0.493 e. The molecular formula is C24H28N2O3. The van der Waals surface area contributed by atoms with Crippen LogP contribution in [0.25, 0.3) is 0 Å². The van der Waals surface area contributed by atoms with Crippen LogP contribution in [0.5, 0.6) is 5.75 Å². The lowest BCUT2D eigenvalue weighted by Gasteiger charge is -2.38. The molecule has 5 rings (SSSR count). The zero-order valence-electron chi connectivity index (χ0n) is 16.6. The summed E-state index contributed by atoms with van der Waals surface area (Å²) >= 11 is 0. The van der Waals surface area contributed by atoms with E-state index in [2.05, 4.69) is 28.4 Å². The summed E-state index contributed by atoms with van der Waals surface area (Å²) in [5.41, 5.74) is 3.31. The van der Waals surface area contributed by atoms with E-state index in [0.717, 1.165) is 51.3 Å². The standard InChI is InChI=1S/C24H28N2O3/c27-23(17-4-2-1-3-5-17)24(28)25-22-19-7-8-20(22)15-26(14-19)13-16-6-9-21-18(12-16)10-11-29-21/h1-6,9,12,19-20,22-23,27H,7-8,10-11,13-15H2,(H,25,28)/t19-,20+,22?,23?. The molecule has 1 saturated heterocycles. The molecule has 4 atom stereocenters. The number of rotatable bonds is 5. The first kappa shape index (κ1) is 18.6. The molecule has 1 amide bonds. The van der Waals surface area contributed by atoms with Crippen molar-refractivity contribution in [3.8, 4) is 5.75 Å². The maximum atomic E-state index is 12.6. The van der Waals surface area contributed by atoms with Gasteiger partial charge in [0.1, 0.15) is 5.75 Å². The lowest BCUT2D eigenvalue weighted by molar-refractivity contribution is -0.131. The average molecular weight is 392 g/mol. The number of likely N-dealkylation sites (tertiary alicyclic amines) is 1. The fourth-order valence-electron chi connectivity index (χ4n) is 5.31. The number of benzene rings is 2. The Morgan fingerprint density at radius 2 is 1.90 bits per heavy atom. The van der Waals surface area contributed by atoms with Gasteiger partial charge in [-0.2, -0.15) is 0 Å². The summed E-state index contributed by atoms with van der Waals surface area (Å²) < 4.78 is 5.62. The van der Waals surface area contributed by atoms with Crippen LogP contribution in [0.15, 0.2) is 48.5 Å². The van der Waals surface area contributed by atoms with Crippen LogP contribution in [0.2, 0.25) is 0 Å². The first-order valence-corrected chi connectivity index (χ1v) is 10.7. The van der Waals surface area contributed by atoms with Gasteiger partial charge in [-0.15, -0.1) is 0 Å². The Balaban J connectivity index is 1.21. The molecule has 2 unspecified atom stereocenters. The molecule has 0 aromatic heterocycles. The van der Waals surface area contributed by atoms with Crippen molar-refractivity contribution < 1.29 is 14.6 Å². The zero-order valence-corrected chi connectivity index (χ0v) is 16.6. The van der Waals surface area contributed by atoms with E-state index in [4.69, 9.17) is 4.74 Å². The Kier molecular flexibility index (Phi) is 5.02. The van der Waals surface area contributed by atoms with Crippen LogP contribution in [0, 0.1) is 11.8 Å². The molecule has 0 radical (unpaired) electrons. The van der Waals surface area contributed by atoms with Crippen molar-refractivity contribution in [3.63, 3.8) is 0 Å². The third kappa shape index (κ3) is 3.77. The molecule has 5 heteroatoms. The van der Waals surface area contributed by atoms with Crippen molar-refractivity contribution in [1.29, 1.82) is 0 Å². The van der Waals surface area contributed by atoms with Crippen LogP contribution >= 0.6 is 0 Å². The van der Waals surface area contributed by atoms with Gasteiger partial charge in [0.25, 0.3) is 5.91 Å². The average Bonchev–Trinajstić information content (AvgIpc) is 3.29. The maximum Gasteiger partial charge on any atom is 0.253 e. The number of piperidine rings is 1. The van der Waals surface area contributed by atoms with Gasteiger partial charge >= 0.3 is 0 Å². The minimum absolute atomic E-state index is 0.172. The van der Waals surface area contributed by atoms with E-state index >= 15 is 0 Å². The smallest absolute Gasteiger partial charge is 0.253 e. The fraction of sp³-hybridized carbons (Fsp3) is 0.458. The number of fused-ring (bicyclic) bond motifs is 3. The highest BCUT2D eigenvalue weighted by Crippen LogP contribution is 2.38. The third-order valence-electron chi connectivity index (χ3n) is 6.74. The minimum Gasteiger partial charge on any atom is -0.493 e. The zero-order chi connectivity index (χ0) is 19.8. The Morgan fingerprint density at radius 1 is 1.14 bits per heavy atom. The molecule has 2 aromatic rings. The molecule has 1 aliphatic carbocycles. The molecular weight excluding hydrogens is 364 g/mol. The molecule has 1 saturated carbocycles. The predicted molar refractivity (Wildman–Crippen MR) is 110 cm³/mol. The number of nitrogens with one attached hydrogen (secondary N) is 1. The number of carbonyl (C=O) groups excluding carboxylic acids is 1. The summed E-state index contributed by atoms with van der Waals surface area (Å²) in [6, 6.07) is 15.9. The Morgan fingerprint density at radius 3 is 2.66 bits per heavy atom. The number of hydrogen-bond donors (Lipinski definition) is 2. The second-order valence-corrected chi connectivity index (χ2v) is 8.68. The second kappa shape index (κ2) is 7.81. The highest BCUT2D eigenvalue weighted by atomic mass is 16.5. The van der Waals surface area contributed by atoms with Crippen LogP contribution in [0.1, 0.15) is 35.6 Å². The molecule has 2 fully saturated rings. The molecule has 2 aliphatic heterocycles. The van der Waals surface area contributed by atoms with Gasteiger partial charge in [-0.3, -0.25) is 9.69 Å². The predicted octanol–water partition coefficient (Wildman–Crippen LogP) is 2.68. The van der Waals surface area contributed by atoms with Crippen molar-refractivity contribution in [2.24, 2.45) is 11.8 Å². The van der Waals surface area contributed by atoms with Crippen molar-refractivity contribution in [2.75, 3.05) is 19.7 Å². The van der Waals surface area contributed by atoms with Crippen molar-refractivity contribution in [1.82, 2.24) is 10.2 Å². The SMILES string of the molecule is O=C(NC1[C@@H]2CC[C@H]1CN(Cc1ccc3c(c1)CCO3)C2)C(O)c1ccccc1. The van der Waals surface area contributed by atoms with Crippen molar-refractivity contribution in [3.05, 3.63) is 65.2 Å². The van der Waals surface area contributed by atoms with Gasteiger partial charge in [-0.25, -0.2) is 0 Å². The lowest BCUT2D eigenvalue weighted by atomic mass is 9.91. The van der Waals surface area contributed by atoms with E-state index in [1.54, 1.807) is 12.1 Å². The van der Waals surface area contributed by atoms with Gasteiger partial charge in [0.2, 0.25) is 0 Å². The van der Waals surface area contributed by atoms with E-state index in [0.29, 0.717) is 17.4 Å². The van der Waals surface area contributed by atoms with Gasteiger partial charge in [0.15, 0.2) is 6.10 Å². The van der Waals surface area contributed by atoms with Crippen LogP contribution in [-0.2, 0) is 17.8 Å². The second-order valence-electron chi connectivity index (χ2n) is 8.68. The molecule has 2 bridgehead atoms. The highest BCUT2D eigenvalue weighted by molar-refractivity contribution is 5.82. The summed E-state index contributed by atoms with van der Waals surface area (Å²) in [6.45, 7) is 3.74. The minimum atomic E-state index is -1.10. The van der Waals surface area contributed by atoms with Crippen LogP contribution in [0.4, 0.5) is 0 Å². The summed E-state index contributed by atoms with van der Waals surface area (Å²) in [5.74, 6) is 1.68. The summed E-state index contributed by atoms with van der Waals surface area (Å²) in [5, 5.41) is 13.6. The molecule has 5 nitrogen and oxygen atoms in total. The van der Waals surface area contributed by atoms with E-state index in [-0.39, 0.29) is 11.9 Å². The number of aliphatic hydroxyl groups is 1. The maximum absolute atomic E-state index is 12.6. The number of amides is 1. The molecule has 3 aliphatic rings. The summed E-state index contributed by atoms with van der Waals surface area (Å²) in [7, 11) is 0. The molecule has 2 aromatic carbocycles. The number of aliphatic hydroxyl groups excluding tert-OH is 1. The normalized spacial score (nSPS) is 26.6. The monoisotopic (exact) mass is 392 g/mol. The first-order valence-electron chi connectivity index (χ1n) is 10.7. The molecule has 2 N–H and O–H groups in total. The third-order valence-corrected chi connectivity index (χ3v) is 6.74. The number of ether oxygens (including phenoxy) is 1. The topological polar surface area (TPSA) is 61.8 Å². The van der Waals surface area contributed by atoms with Crippen LogP contribution < -0.4 is 10.1 Å². The van der Waals surface area contributed by atoms with Gasteiger partial charge in [-0.1, -0.05) is 42.5 Å². The Bertz CT molecular complexity index is 871. The quantitative estimate of drug-likeness (QED) is 0.821. The van der Waals surface area contributed by atoms with Gasteiger partial charge in [0.05, 0.1) is 6.61 Å². The molecule has 152 valence electrons. The summed E-state index contributed by atoms with van der Waals surface area (Å²) in [4.78, 5) is 15.1. The van der Waals surface area contributed by atoms with Crippen LogP contribution in [0.3, 0.4) is 0 Å². The van der Waals surface area contributed by atoms with Gasteiger partial charge < -0.3 is 15.2 Å². The van der Waals surface area contributed by atoms with Crippen molar-refractivity contribution in [2.45, 2.75) is 38.0 Å². The summed E-state index contributed by atoms with van der Waals surface area (Å²) in [6.07, 6.45) is 2.20. The highest BCUT2D eigenvalue weighted by Gasteiger charge is 2.43.